The van der Waals surface area contributed by atoms with Gasteiger partial charge in [-0.2, -0.15) is 0 Å². The van der Waals surface area contributed by atoms with Gasteiger partial charge in [-0.05, 0) is 205 Å². The number of fused-ring (bicyclic) bond motifs is 9. The van der Waals surface area contributed by atoms with Gasteiger partial charge in [0, 0.05) is 56.5 Å². The second-order valence-electron chi connectivity index (χ2n) is 32.4. The molecule has 0 aliphatic rings. The van der Waals surface area contributed by atoms with Crippen LogP contribution in [0.1, 0.15) is 33.4 Å². The van der Waals surface area contributed by atoms with E-state index < -0.39 is 0 Å². The van der Waals surface area contributed by atoms with Crippen LogP contribution in [-0.2, 0) is 45.8 Å². The van der Waals surface area contributed by atoms with E-state index in [0.717, 1.165) is 149 Å². The van der Waals surface area contributed by atoms with Crippen LogP contribution in [-0.4, -0.2) is 28.7 Å². The first-order chi connectivity index (χ1) is 60.8. The number of rotatable bonds is 19. The molecule has 0 unspecified atom stereocenters. The van der Waals surface area contributed by atoms with Crippen molar-refractivity contribution in [2.24, 2.45) is 0 Å². The van der Waals surface area contributed by atoms with Crippen LogP contribution in [0.3, 0.4) is 0 Å². The first-order valence-electron chi connectivity index (χ1n) is 42.4. The second-order valence-corrected chi connectivity index (χ2v) is 32.4. The molecule has 0 saturated heterocycles. The third kappa shape index (κ3) is 14.4. The van der Waals surface area contributed by atoms with Gasteiger partial charge in [-0.1, -0.05) is 308 Å². The maximum absolute atomic E-state index is 5.48. The normalized spacial score (nSPS) is 11.5. The Bertz CT molecular complexity index is 7540. The molecule has 6 nitrogen and oxygen atoms in total. The Kier molecular flexibility index (Phi) is 20.3. The Morgan fingerprint density at radius 1 is 0.226 bits per heavy atom. The van der Waals surface area contributed by atoms with Crippen LogP contribution in [0.25, 0.3) is 194 Å². The van der Waals surface area contributed by atoms with E-state index in [1.165, 1.54) is 105 Å². The minimum absolute atomic E-state index is 0. The summed E-state index contributed by atoms with van der Waals surface area (Å²) < 4.78 is 7.18. The van der Waals surface area contributed by atoms with E-state index in [1.54, 1.807) is 0 Å². The quantitative estimate of drug-likeness (QED) is 0.0758. The fourth-order valence-electron chi connectivity index (χ4n) is 18.7. The predicted octanol–water partition coefficient (Wildman–Crippen LogP) is 29.4. The summed E-state index contributed by atoms with van der Waals surface area (Å²) in [5.74, 6) is 0. The van der Waals surface area contributed by atoms with Crippen LogP contribution in [0.15, 0.2) is 407 Å². The third-order valence-corrected chi connectivity index (χ3v) is 24.9. The molecule has 0 saturated carbocycles. The Balaban J connectivity index is 0.00000943. The molecule has 0 bridgehead atoms. The van der Waals surface area contributed by atoms with Gasteiger partial charge >= 0.3 is 20.1 Å². The molecule has 0 aliphatic carbocycles. The molecule has 0 atom stereocenters. The van der Waals surface area contributed by atoms with Crippen molar-refractivity contribution in [2.75, 3.05) is 0 Å². The van der Waals surface area contributed by atoms with Gasteiger partial charge in [0.1, 0.15) is 0 Å². The molecule has 0 radical (unpaired) electrons. The van der Waals surface area contributed by atoms with Gasteiger partial charge in [-0.15, -0.1) is 89.5 Å². The van der Waals surface area contributed by atoms with E-state index in [1.807, 2.05) is 12.1 Å². The first-order valence-corrected chi connectivity index (χ1v) is 42.4. The molecule has 0 spiro atoms. The predicted molar refractivity (Wildman–Crippen MR) is 511 cm³/mol. The SMILES string of the molecule is Cc1cc(-c2[c-]ccc(-n3c4ccccc4c4ccc(-c5ccccc5)cc43)c2)ncc1CCc1cc(CCc2cnc(-c3[c-]ccc(-n4c5ccccc5c5ccc(-c6ccccc6)cc54)c3)cc2C)cc(-c2ccccc2-c2cnc(-c3[c-]ccc(-n4c5ccccc5c5ccc(-c6ccccc6)cc54)c3)cc2-c2ccc(-c3ccccc3)cc2)c1.[Ir+3]. The molecule has 124 heavy (non-hydrogen) atoms. The van der Waals surface area contributed by atoms with Crippen molar-refractivity contribution < 1.29 is 20.1 Å². The molecule has 0 aliphatic heterocycles. The van der Waals surface area contributed by atoms with E-state index in [4.69, 9.17) is 15.0 Å². The molecular weight excluding hydrogens is 1680 g/mol. The minimum atomic E-state index is 0. The number of pyridine rings is 3. The van der Waals surface area contributed by atoms with E-state index in [9.17, 15) is 0 Å². The Morgan fingerprint density at radius 2 is 0.548 bits per heavy atom. The number of para-hydroxylation sites is 3. The number of hydrogen-bond donors (Lipinski definition) is 0. The van der Waals surface area contributed by atoms with Crippen molar-refractivity contribution in [2.45, 2.75) is 39.5 Å². The van der Waals surface area contributed by atoms with Gasteiger partial charge in [0.2, 0.25) is 0 Å². The molecule has 22 aromatic rings. The summed E-state index contributed by atoms with van der Waals surface area (Å²) >= 11 is 0. The molecule has 0 fully saturated rings. The molecule has 0 amide bonds. The molecule has 16 aromatic carbocycles. The maximum atomic E-state index is 5.48. The van der Waals surface area contributed by atoms with Gasteiger partial charge in [0.25, 0.3) is 0 Å². The van der Waals surface area contributed by atoms with Gasteiger partial charge in [-0.25, -0.2) is 0 Å². The van der Waals surface area contributed by atoms with Crippen molar-refractivity contribution in [1.29, 1.82) is 0 Å². The smallest absolute Gasteiger partial charge is 0.327 e. The number of benzene rings is 16. The largest absolute Gasteiger partial charge is 3.00 e. The summed E-state index contributed by atoms with van der Waals surface area (Å²) in [4.78, 5) is 16.0. The average molecular weight is 1760 g/mol. The van der Waals surface area contributed by atoms with Crippen molar-refractivity contribution in [3.05, 3.63) is 458 Å². The monoisotopic (exact) mass is 1760 g/mol. The second kappa shape index (κ2) is 32.9. The maximum Gasteiger partial charge on any atom is 3.00 e. The van der Waals surface area contributed by atoms with Crippen molar-refractivity contribution >= 4 is 65.4 Å². The molecule has 588 valence electrons. The standard InChI is InChI=1S/C117H81N6.Ir/c1-77-62-109(90-34-23-37-96(67-90)121-112-45-20-17-42-101(112)104-59-56-87(70-115(104)121)82-28-9-4-10-29-82)118-74-93(77)50-48-79-64-80(49-51-94-75-119-110(63-78(94)2)91-35-24-38-97(68-91)122-113-46-21-18-43-102(113)105-60-57-88(71-116(105)122)83-30-11-5-12-31-83)66-95(65-79)99-40-15-16-41-100(99)108-76-120-111(73-107(108)86-54-52-85(53-55-86)81-26-7-3-8-27-81)92-36-25-39-98(69-92)123-114-47-22-19-44-103(114)106-61-58-89(72-117(106)123)84-32-13-6-14-33-84;/h3-33,37-47,52-76H,48-51H2,1-2H3;/q-3;+3. The van der Waals surface area contributed by atoms with Gasteiger partial charge < -0.3 is 28.7 Å². The number of aryl methyl sites for hydroxylation is 6. The van der Waals surface area contributed by atoms with E-state index in [2.05, 4.69) is 440 Å². The molecule has 6 heterocycles. The third-order valence-electron chi connectivity index (χ3n) is 24.9. The zero-order chi connectivity index (χ0) is 81.9. The summed E-state index contributed by atoms with van der Waals surface area (Å²) in [6, 6.07) is 152. The Labute approximate surface area is 735 Å². The fraction of sp³-hybridized carbons (Fsp3) is 0.0513. The van der Waals surface area contributed by atoms with Crippen molar-refractivity contribution in [3.8, 4) is 129 Å². The average Bonchev–Trinajstić information content (AvgIpc) is 1.55. The summed E-state index contributed by atoms with van der Waals surface area (Å²) in [6.45, 7) is 4.47. The van der Waals surface area contributed by atoms with Crippen LogP contribution in [0.5, 0.6) is 0 Å². The molecular formula is C117H81IrN6. The summed E-state index contributed by atoms with van der Waals surface area (Å²) in [5, 5.41) is 7.28. The first kappa shape index (κ1) is 76.4. The van der Waals surface area contributed by atoms with Crippen molar-refractivity contribution in [3.63, 3.8) is 0 Å². The molecule has 6 aromatic heterocycles. The number of nitrogens with zero attached hydrogens (tertiary/aromatic N) is 6. The summed E-state index contributed by atoms with van der Waals surface area (Å²) in [7, 11) is 0. The van der Waals surface area contributed by atoms with Crippen molar-refractivity contribution in [1.82, 2.24) is 28.7 Å². The zero-order valence-corrected chi connectivity index (χ0v) is 70.9. The topological polar surface area (TPSA) is 53.5 Å². The van der Waals surface area contributed by atoms with Gasteiger partial charge in [-0.3, -0.25) is 0 Å². The van der Waals surface area contributed by atoms with Gasteiger partial charge in [0.15, 0.2) is 0 Å². The summed E-state index contributed by atoms with van der Waals surface area (Å²) in [5.41, 5.74) is 38.8. The van der Waals surface area contributed by atoms with Crippen LogP contribution in [0.2, 0.25) is 0 Å². The minimum Gasteiger partial charge on any atom is -0.327 e. The molecule has 22 rings (SSSR count). The number of aromatic nitrogens is 6. The zero-order valence-electron chi connectivity index (χ0n) is 68.5. The summed E-state index contributed by atoms with van der Waals surface area (Å²) in [6.07, 6.45) is 9.49. The fourth-order valence-corrected chi connectivity index (χ4v) is 18.7. The van der Waals surface area contributed by atoms with E-state index in [-0.39, 0.29) is 20.1 Å². The van der Waals surface area contributed by atoms with Crippen LogP contribution in [0.4, 0.5) is 0 Å². The van der Waals surface area contributed by atoms with E-state index >= 15 is 0 Å². The molecule has 0 N–H and O–H groups in total. The van der Waals surface area contributed by atoms with Crippen LogP contribution >= 0.6 is 0 Å². The molecule has 7 heteroatoms. The van der Waals surface area contributed by atoms with Crippen LogP contribution in [0, 0.1) is 32.0 Å². The van der Waals surface area contributed by atoms with Crippen LogP contribution < -0.4 is 0 Å². The number of hydrogen-bond acceptors (Lipinski definition) is 3. The Morgan fingerprint density at radius 3 is 0.952 bits per heavy atom. The van der Waals surface area contributed by atoms with E-state index in [0.29, 0.717) is 0 Å². The Hall–Kier alpha value is -15.0. The van der Waals surface area contributed by atoms with Gasteiger partial charge in [0.05, 0.1) is 33.1 Å².